The van der Waals surface area contributed by atoms with Crippen LogP contribution in [0.4, 0.5) is 5.69 Å². The predicted molar refractivity (Wildman–Crippen MR) is 134 cm³/mol. The van der Waals surface area contributed by atoms with Crippen molar-refractivity contribution in [2.75, 3.05) is 18.5 Å². The minimum absolute atomic E-state index is 0.0173. The molecule has 2 aromatic heterocycles. The molecular weight excluding hydrogens is 516 g/mol. The second kappa shape index (κ2) is 11.1. The van der Waals surface area contributed by atoms with Gasteiger partial charge in [-0.1, -0.05) is 23.7 Å². The molecule has 12 nitrogen and oxygen atoms in total. The summed E-state index contributed by atoms with van der Waals surface area (Å²) in [6.45, 7) is 2.06. The molecule has 0 radical (unpaired) electrons. The Hall–Kier alpha value is -4.71. The van der Waals surface area contributed by atoms with Crippen molar-refractivity contribution >= 4 is 35.1 Å². The van der Waals surface area contributed by atoms with Crippen molar-refractivity contribution < 1.29 is 28.1 Å². The van der Waals surface area contributed by atoms with Gasteiger partial charge in [0.25, 0.3) is 11.7 Å². The van der Waals surface area contributed by atoms with Gasteiger partial charge in [-0.15, -0.1) is 0 Å². The molecule has 0 spiro atoms. The van der Waals surface area contributed by atoms with E-state index in [4.69, 9.17) is 30.1 Å². The molecule has 0 saturated carbocycles. The lowest BCUT2D eigenvalue weighted by Crippen LogP contribution is -2.47. The summed E-state index contributed by atoms with van der Waals surface area (Å²) >= 11 is 6.03. The summed E-state index contributed by atoms with van der Waals surface area (Å²) < 4.78 is 20.5. The minimum Gasteiger partial charge on any atom is -0.460 e. The van der Waals surface area contributed by atoms with Gasteiger partial charge in [0.1, 0.15) is 17.9 Å². The quantitative estimate of drug-likeness (QED) is 0.324. The van der Waals surface area contributed by atoms with Crippen LogP contribution in [0.2, 0.25) is 5.02 Å². The van der Waals surface area contributed by atoms with Crippen LogP contribution in [0.25, 0.3) is 0 Å². The lowest BCUT2D eigenvalue weighted by Gasteiger charge is -2.31. The Morgan fingerprint density at radius 3 is 2.63 bits per heavy atom. The van der Waals surface area contributed by atoms with Crippen LogP contribution in [0, 0.1) is 0 Å². The first-order valence-electron chi connectivity index (χ1n) is 11.6. The van der Waals surface area contributed by atoms with Gasteiger partial charge < -0.3 is 23.8 Å². The maximum absolute atomic E-state index is 13.6. The van der Waals surface area contributed by atoms with Crippen molar-refractivity contribution in [1.82, 2.24) is 20.2 Å². The number of amides is 1. The van der Waals surface area contributed by atoms with Crippen LogP contribution >= 0.6 is 11.6 Å². The number of carbonyl (C=O) groups excluding carboxylic acids is 2. The maximum atomic E-state index is 13.6. The number of rotatable bonds is 8. The summed E-state index contributed by atoms with van der Waals surface area (Å²) in [5, 5.41) is 11.1. The number of hydrogen-bond donors (Lipinski definition) is 1. The van der Waals surface area contributed by atoms with Gasteiger partial charge in [-0.3, -0.25) is 14.7 Å². The van der Waals surface area contributed by atoms with Crippen molar-refractivity contribution in [1.29, 1.82) is 0 Å². The van der Waals surface area contributed by atoms with E-state index in [2.05, 4.69) is 25.6 Å². The smallest absolute Gasteiger partial charge is 0.379 e. The monoisotopic (exact) mass is 536 g/mol. The van der Waals surface area contributed by atoms with E-state index in [0.717, 1.165) is 5.56 Å². The Morgan fingerprint density at radius 2 is 1.92 bits per heavy atom. The van der Waals surface area contributed by atoms with E-state index < -0.39 is 11.9 Å². The third kappa shape index (κ3) is 5.65. The minimum atomic E-state index is -0.873. The van der Waals surface area contributed by atoms with Crippen molar-refractivity contribution in [3.8, 4) is 11.6 Å². The highest BCUT2D eigenvalue weighted by molar-refractivity contribution is 6.30. The number of anilines is 1. The largest absolute Gasteiger partial charge is 0.460 e. The van der Waals surface area contributed by atoms with E-state index in [9.17, 15) is 9.59 Å². The second-order valence-corrected chi connectivity index (χ2v) is 8.47. The molecule has 4 aromatic rings. The first-order chi connectivity index (χ1) is 18.5. The van der Waals surface area contributed by atoms with Crippen molar-refractivity contribution in [2.45, 2.75) is 19.4 Å². The van der Waals surface area contributed by atoms with Crippen molar-refractivity contribution in [3.63, 3.8) is 0 Å². The van der Waals surface area contributed by atoms with Crippen molar-refractivity contribution in [3.05, 3.63) is 83.2 Å². The molecule has 0 aliphatic carbocycles. The van der Waals surface area contributed by atoms with Crippen LogP contribution in [0.5, 0.6) is 11.6 Å². The molecule has 194 valence electrons. The highest BCUT2D eigenvalue weighted by Crippen LogP contribution is 2.26. The first kappa shape index (κ1) is 25.0. The zero-order valence-corrected chi connectivity index (χ0v) is 20.8. The molecule has 38 heavy (non-hydrogen) atoms. The number of carbonyl (C=O) groups is 2. The average Bonchev–Trinajstić information content (AvgIpc) is 3.61. The molecule has 0 bridgehead atoms. The zero-order chi connectivity index (χ0) is 26.5. The lowest BCUT2D eigenvalue weighted by molar-refractivity contribution is -0.130. The lowest BCUT2D eigenvalue weighted by atomic mass is 10.1. The molecule has 13 heteroatoms. The van der Waals surface area contributed by atoms with Crippen LogP contribution < -0.4 is 10.1 Å². The molecule has 1 N–H and O–H groups in total. The van der Waals surface area contributed by atoms with E-state index in [1.807, 2.05) is 12.1 Å². The fraction of sp³-hybridized carbons (Fsp3) is 0.200. The molecule has 1 aliphatic rings. The fourth-order valence-electron chi connectivity index (χ4n) is 3.62. The number of hydrogen-bond acceptors (Lipinski definition) is 11. The Labute approximate surface area is 221 Å². The van der Waals surface area contributed by atoms with Crippen LogP contribution in [-0.2, 0) is 16.1 Å². The molecule has 0 saturated heterocycles. The predicted octanol–water partition coefficient (Wildman–Crippen LogP) is 4.27. The maximum Gasteiger partial charge on any atom is 0.379 e. The number of aromatic nitrogens is 3. The summed E-state index contributed by atoms with van der Waals surface area (Å²) in [6, 6.07) is 15.7. The SMILES string of the molecule is CCOC(=O)c1noc(C2CN=C(Nc3ccc(Oc4ccon4)cc3)N(Cc3ccc(Cl)cc3)C2=O)n1. The summed E-state index contributed by atoms with van der Waals surface area (Å²) in [6.07, 6.45) is 1.41. The number of esters is 1. The summed E-state index contributed by atoms with van der Waals surface area (Å²) in [5.74, 6) is -0.985. The Kier molecular flexibility index (Phi) is 7.31. The van der Waals surface area contributed by atoms with Crippen LogP contribution in [-0.4, -0.2) is 51.2 Å². The van der Waals surface area contributed by atoms with Gasteiger partial charge in [0.15, 0.2) is 0 Å². The van der Waals surface area contributed by atoms with Crippen molar-refractivity contribution in [2.24, 2.45) is 4.99 Å². The summed E-state index contributed by atoms with van der Waals surface area (Å²) in [7, 11) is 0. The molecule has 5 rings (SSSR count). The van der Waals surface area contributed by atoms with Gasteiger partial charge in [0.05, 0.1) is 19.7 Å². The molecule has 2 aromatic carbocycles. The van der Waals surface area contributed by atoms with E-state index in [1.165, 1.54) is 11.2 Å². The van der Waals surface area contributed by atoms with E-state index in [0.29, 0.717) is 28.3 Å². The topological polar surface area (TPSA) is 145 Å². The van der Waals surface area contributed by atoms with Gasteiger partial charge in [-0.2, -0.15) is 4.98 Å². The number of aliphatic imine (C=N–C) groups is 1. The Balaban J connectivity index is 1.37. The van der Waals surface area contributed by atoms with Crippen LogP contribution in [0.15, 0.2) is 74.9 Å². The van der Waals surface area contributed by atoms with Crippen LogP contribution in [0.1, 0.15) is 34.9 Å². The fourth-order valence-corrected chi connectivity index (χ4v) is 3.74. The molecule has 1 amide bonds. The number of ether oxygens (including phenoxy) is 2. The number of benzene rings is 2. The molecular formula is C25H21ClN6O6. The second-order valence-electron chi connectivity index (χ2n) is 8.03. The van der Waals surface area contributed by atoms with Gasteiger partial charge in [0, 0.05) is 16.8 Å². The Morgan fingerprint density at radius 1 is 1.13 bits per heavy atom. The van der Waals surface area contributed by atoms with Gasteiger partial charge in [-0.05, 0) is 59.2 Å². The molecule has 1 aliphatic heterocycles. The normalized spacial score (nSPS) is 15.2. The number of halogens is 1. The summed E-state index contributed by atoms with van der Waals surface area (Å²) in [5.41, 5.74) is 1.50. The molecule has 3 heterocycles. The summed E-state index contributed by atoms with van der Waals surface area (Å²) in [4.78, 5) is 35.7. The van der Waals surface area contributed by atoms with Crippen LogP contribution in [0.3, 0.4) is 0 Å². The zero-order valence-electron chi connectivity index (χ0n) is 20.0. The number of guanidine groups is 1. The van der Waals surface area contributed by atoms with Gasteiger partial charge >= 0.3 is 5.97 Å². The highest BCUT2D eigenvalue weighted by atomic mass is 35.5. The molecule has 1 unspecified atom stereocenters. The standard InChI is InChI=1S/C25H21ClN6O6/c1-2-35-24(34)21-29-22(38-31-21)19-13-27-25(32(23(19)33)14-15-3-5-16(26)6-4-15)28-17-7-9-18(10-8-17)37-20-11-12-36-30-20/h3-12,19H,2,13-14H2,1H3,(H,27,28). The Bertz CT molecular complexity index is 1440. The molecule has 0 fully saturated rings. The number of nitrogens with one attached hydrogen (secondary N) is 1. The van der Waals surface area contributed by atoms with E-state index in [1.54, 1.807) is 49.4 Å². The third-order valence-corrected chi connectivity index (χ3v) is 5.69. The number of nitrogens with zero attached hydrogens (tertiary/aromatic N) is 5. The molecule has 1 atom stereocenters. The highest BCUT2D eigenvalue weighted by Gasteiger charge is 2.37. The first-order valence-corrected chi connectivity index (χ1v) is 11.9. The third-order valence-electron chi connectivity index (χ3n) is 5.44. The average molecular weight is 537 g/mol. The van der Waals surface area contributed by atoms with E-state index in [-0.39, 0.29) is 37.3 Å². The van der Waals surface area contributed by atoms with E-state index >= 15 is 0 Å². The van der Waals surface area contributed by atoms with Gasteiger partial charge in [0.2, 0.25) is 17.8 Å². The van der Waals surface area contributed by atoms with Gasteiger partial charge in [-0.25, -0.2) is 4.79 Å².